The Morgan fingerprint density at radius 2 is 1.77 bits per heavy atom. The first-order chi connectivity index (χ1) is 10.5. The molecule has 0 amide bonds. The molecule has 0 saturated heterocycles. The number of aryl methyl sites for hydroxylation is 1. The van der Waals surface area contributed by atoms with Gasteiger partial charge in [0.2, 0.25) is 0 Å². The van der Waals surface area contributed by atoms with Crippen molar-refractivity contribution in [2.24, 2.45) is 0 Å². The molecule has 0 aliphatic carbocycles. The van der Waals surface area contributed by atoms with Gasteiger partial charge >= 0.3 is 0 Å². The van der Waals surface area contributed by atoms with E-state index in [4.69, 9.17) is 9.47 Å². The Morgan fingerprint density at radius 1 is 1.09 bits per heavy atom. The molecule has 2 rings (SSSR count). The number of rotatable bonds is 6. The van der Waals surface area contributed by atoms with Crippen molar-refractivity contribution in [1.29, 1.82) is 0 Å². The van der Waals surface area contributed by atoms with Gasteiger partial charge in [0.15, 0.2) is 11.5 Å². The molecule has 1 atom stereocenters. The van der Waals surface area contributed by atoms with E-state index < -0.39 is 0 Å². The summed E-state index contributed by atoms with van der Waals surface area (Å²) in [6, 6.07) is 11.4. The molecule has 2 aromatic carbocycles. The van der Waals surface area contributed by atoms with Crippen molar-refractivity contribution < 1.29 is 14.6 Å². The first-order valence-corrected chi connectivity index (χ1v) is 7.29. The van der Waals surface area contributed by atoms with Crippen LogP contribution in [0.15, 0.2) is 36.4 Å². The van der Waals surface area contributed by atoms with Crippen molar-refractivity contribution in [3.05, 3.63) is 53.1 Å². The fraction of sp³-hybridized carbons (Fsp3) is 0.333. The van der Waals surface area contributed by atoms with E-state index >= 15 is 0 Å². The molecule has 0 bridgehead atoms. The molecule has 0 saturated carbocycles. The van der Waals surface area contributed by atoms with E-state index in [1.165, 1.54) is 0 Å². The van der Waals surface area contributed by atoms with Crippen LogP contribution in [0, 0.1) is 6.92 Å². The third kappa shape index (κ3) is 3.71. The van der Waals surface area contributed by atoms with Crippen LogP contribution < -0.4 is 14.8 Å². The third-order valence-corrected chi connectivity index (χ3v) is 3.76. The molecule has 0 radical (unpaired) electrons. The number of benzene rings is 2. The lowest BCUT2D eigenvalue weighted by Crippen LogP contribution is -2.19. The number of hydrogen-bond acceptors (Lipinski definition) is 4. The first kappa shape index (κ1) is 16.2. The Bertz CT molecular complexity index is 640. The molecular formula is C18H23NO3. The summed E-state index contributed by atoms with van der Waals surface area (Å²) in [6.45, 7) is 4.85. The van der Waals surface area contributed by atoms with Gasteiger partial charge in [0.1, 0.15) is 5.75 Å². The Balaban J connectivity index is 2.13. The molecule has 2 N–H and O–H groups in total. The van der Waals surface area contributed by atoms with Crippen LogP contribution in [0.5, 0.6) is 17.2 Å². The van der Waals surface area contributed by atoms with Crippen molar-refractivity contribution in [1.82, 2.24) is 5.32 Å². The topological polar surface area (TPSA) is 50.7 Å². The van der Waals surface area contributed by atoms with Crippen LogP contribution in [-0.4, -0.2) is 19.3 Å². The normalized spacial score (nSPS) is 12.0. The highest BCUT2D eigenvalue weighted by molar-refractivity contribution is 5.48. The Hall–Kier alpha value is -2.20. The average Bonchev–Trinajstić information content (AvgIpc) is 2.52. The van der Waals surface area contributed by atoms with Crippen molar-refractivity contribution >= 4 is 0 Å². The summed E-state index contributed by atoms with van der Waals surface area (Å²) in [5, 5.41) is 13.0. The number of phenols is 1. The summed E-state index contributed by atoms with van der Waals surface area (Å²) in [4.78, 5) is 0. The molecule has 2 aromatic rings. The van der Waals surface area contributed by atoms with Crippen molar-refractivity contribution in [3.63, 3.8) is 0 Å². The third-order valence-electron chi connectivity index (χ3n) is 3.76. The number of ether oxygens (including phenoxy) is 2. The molecule has 22 heavy (non-hydrogen) atoms. The first-order valence-electron chi connectivity index (χ1n) is 7.29. The zero-order valence-corrected chi connectivity index (χ0v) is 13.5. The molecule has 4 heteroatoms. The summed E-state index contributed by atoms with van der Waals surface area (Å²) >= 11 is 0. The van der Waals surface area contributed by atoms with Crippen LogP contribution in [0.25, 0.3) is 0 Å². The zero-order chi connectivity index (χ0) is 16.1. The predicted octanol–water partition coefficient (Wildman–Crippen LogP) is 3.57. The van der Waals surface area contributed by atoms with Gasteiger partial charge in [-0.3, -0.25) is 0 Å². The van der Waals surface area contributed by atoms with E-state index in [0.717, 1.165) is 28.2 Å². The van der Waals surface area contributed by atoms with E-state index in [2.05, 4.69) is 19.2 Å². The Kier molecular flexibility index (Phi) is 5.28. The lowest BCUT2D eigenvalue weighted by atomic mass is 10.0. The van der Waals surface area contributed by atoms with Gasteiger partial charge in [-0.15, -0.1) is 0 Å². The number of hydrogen-bond donors (Lipinski definition) is 2. The second-order valence-corrected chi connectivity index (χ2v) is 5.34. The lowest BCUT2D eigenvalue weighted by Gasteiger charge is -2.19. The van der Waals surface area contributed by atoms with Gasteiger partial charge in [0.25, 0.3) is 0 Å². The van der Waals surface area contributed by atoms with Gasteiger partial charge in [0.05, 0.1) is 14.2 Å². The van der Waals surface area contributed by atoms with Gasteiger partial charge in [-0.05, 0) is 54.8 Å². The second-order valence-electron chi connectivity index (χ2n) is 5.34. The molecule has 0 heterocycles. The highest BCUT2D eigenvalue weighted by Crippen LogP contribution is 2.32. The van der Waals surface area contributed by atoms with E-state index in [1.807, 2.05) is 24.3 Å². The molecule has 0 aliphatic rings. The van der Waals surface area contributed by atoms with E-state index in [0.29, 0.717) is 6.54 Å². The van der Waals surface area contributed by atoms with Crippen molar-refractivity contribution in [2.45, 2.75) is 26.4 Å². The monoisotopic (exact) mass is 301 g/mol. The van der Waals surface area contributed by atoms with Gasteiger partial charge in [-0.2, -0.15) is 0 Å². The molecule has 0 aromatic heterocycles. The molecule has 0 spiro atoms. The number of methoxy groups -OCH3 is 2. The lowest BCUT2D eigenvalue weighted by molar-refractivity contribution is 0.353. The van der Waals surface area contributed by atoms with Crippen LogP contribution >= 0.6 is 0 Å². The molecule has 0 unspecified atom stereocenters. The van der Waals surface area contributed by atoms with Crippen molar-refractivity contribution in [2.75, 3.05) is 14.2 Å². The van der Waals surface area contributed by atoms with Gasteiger partial charge in [0, 0.05) is 12.6 Å². The highest BCUT2D eigenvalue weighted by Gasteiger charge is 2.13. The van der Waals surface area contributed by atoms with Crippen LogP contribution in [0.1, 0.15) is 29.7 Å². The van der Waals surface area contributed by atoms with Crippen LogP contribution in [0.3, 0.4) is 0 Å². The molecule has 4 nitrogen and oxygen atoms in total. The summed E-state index contributed by atoms with van der Waals surface area (Å²) in [5.74, 6) is 1.76. The summed E-state index contributed by atoms with van der Waals surface area (Å²) < 4.78 is 10.7. The van der Waals surface area contributed by atoms with E-state index in [-0.39, 0.29) is 11.8 Å². The Morgan fingerprint density at radius 3 is 2.41 bits per heavy atom. The number of aromatic hydroxyl groups is 1. The van der Waals surface area contributed by atoms with Crippen LogP contribution in [0.4, 0.5) is 0 Å². The fourth-order valence-electron chi connectivity index (χ4n) is 2.51. The van der Waals surface area contributed by atoms with Gasteiger partial charge < -0.3 is 19.9 Å². The minimum Gasteiger partial charge on any atom is -0.508 e. The van der Waals surface area contributed by atoms with Gasteiger partial charge in [-0.1, -0.05) is 12.1 Å². The summed E-state index contributed by atoms with van der Waals surface area (Å²) in [5.41, 5.74) is 3.36. The number of phenolic OH excluding ortho intramolecular Hbond substituents is 1. The summed E-state index contributed by atoms with van der Waals surface area (Å²) in [6.07, 6.45) is 0. The van der Waals surface area contributed by atoms with E-state index in [1.54, 1.807) is 26.4 Å². The van der Waals surface area contributed by atoms with Crippen LogP contribution in [-0.2, 0) is 6.54 Å². The molecule has 118 valence electrons. The largest absolute Gasteiger partial charge is 0.508 e. The maximum Gasteiger partial charge on any atom is 0.161 e. The predicted molar refractivity (Wildman–Crippen MR) is 87.6 cm³/mol. The number of nitrogens with one attached hydrogen (secondary N) is 1. The molecular weight excluding hydrogens is 278 g/mol. The Labute approximate surface area is 131 Å². The van der Waals surface area contributed by atoms with Crippen LogP contribution in [0.2, 0.25) is 0 Å². The summed E-state index contributed by atoms with van der Waals surface area (Å²) in [7, 11) is 3.28. The van der Waals surface area contributed by atoms with E-state index in [9.17, 15) is 5.11 Å². The second kappa shape index (κ2) is 7.18. The zero-order valence-electron chi connectivity index (χ0n) is 13.5. The average molecular weight is 301 g/mol. The van der Waals surface area contributed by atoms with Gasteiger partial charge in [-0.25, -0.2) is 0 Å². The molecule has 0 fully saturated rings. The SMILES string of the molecule is COc1cc(C)c([C@@H](C)NCc2cccc(O)c2)cc1OC. The standard InChI is InChI=1S/C18H23NO3/c1-12-8-17(21-3)18(22-4)10-16(12)13(2)19-11-14-6-5-7-15(20)9-14/h5-10,13,19-20H,11H2,1-4H3/t13-/m1/s1. The fourth-order valence-corrected chi connectivity index (χ4v) is 2.51. The maximum atomic E-state index is 9.51. The maximum absolute atomic E-state index is 9.51. The molecule has 0 aliphatic heterocycles. The van der Waals surface area contributed by atoms with Crippen molar-refractivity contribution in [3.8, 4) is 17.2 Å². The quantitative estimate of drug-likeness (QED) is 0.856. The minimum absolute atomic E-state index is 0.155. The minimum atomic E-state index is 0.155. The highest BCUT2D eigenvalue weighted by atomic mass is 16.5. The smallest absolute Gasteiger partial charge is 0.161 e.